The van der Waals surface area contributed by atoms with Crippen LogP contribution < -0.4 is 4.72 Å². The number of phenols is 1. The molecule has 0 heterocycles. The highest BCUT2D eigenvalue weighted by molar-refractivity contribution is 7.90. The van der Waals surface area contributed by atoms with Crippen LogP contribution in [0.1, 0.15) is 52.2 Å². The Balaban J connectivity index is 2.60. The number of phenolic OH excluding ortho intramolecular Hbond substituents is 1. The minimum Gasteiger partial charge on any atom is -0.598 e. The van der Waals surface area contributed by atoms with Gasteiger partial charge in [-0.15, -0.1) is 4.72 Å². The van der Waals surface area contributed by atoms with E-state index in [2.05, 4.69) is 18.6 Å². The van der Waals surface area contributed by atoms with E-state index >= 15 is 0 Å². The third kappa shape index (κ3) is 5.35. The second-order valence-electron chi connectivity index (χ2n) is 6.99. The SMILES string of the molecule is Cc1cc(CCC(C)(C)N[S+]([O-])C(C)(C)C)ccc1O. The highest BCUT2D eigenvalue weighted by atomic mass is 32.2. The fourth-order valence-electron chi connectivity index (χ4n) is 1.78. The summed E-state index contributed by atoms with van der Waals surface area (Å²) in [5.41, 5.74) is 1.90. The van der Waals surface area contributed by atoms with Gasteiger partial charge in [-0.25, -0.2) is 0 Å². The molecule has 0 bridgehead atoms. The number of benzene rings is 1. The zero-order valence-electron chi connectivity index (χ0n) is 13.4. The molecule has 1 atom stereocenters. The molecule has 0 saturated carbocycles. The van der Waals surface area contributed by atoms with Gasteiger partial charge >= 0.3 is 0 Å². The first-order valence-corrected chi connectivity index (χ1v) is 8.14. The maximum Gasteiger partial charge on any atom is 0.136 e. The first-order chi connectivity index (χ1) is 9.01. The quantitative estimate of drug-likeness (QED) is 0.818. The zero-order chi connectivity index (χ0) is 15.6. The second kappa shape index (κ2) is 6.37. The van der Waals surface area contributed by atoms with E-state index in [-0.39, 0.29) is 10.3 Å². The molecule has 114 valence electrons. The number of hydrogen-bond donors (Lipinski definition) is 2. The molecule has 0 aliphatic carbocycles. The summed E-state index contributed by atoms with van der Waals surface area (Å²) >= 11 is -1.06. The van der Waals surface area contributed by atoms with Crippen LogP contribution in [0.2, 0.25) is 0 Å². The standard InChI is InChI=1S/C16H27NO2S/c1-12-11-13(7-8-14(12)18)9-10-16(5,6)17-20(19)15(2,3)4/h7-8,11,17-18H,9-10H2,1-6H3. The van der Waals surface area contributed by atoms with Crippen LogP contribution in [0, 0.1) is 6.92 Å². The van der Waals surface area contributed by atoms with Gasteiger partial charge in [-0.05, 0) is 71.6 Å². The predicted octanol–water partition coefficient (Wildman–Crippen LogP) is 3.46. The fourth-order valence-corrected chi connectivity index (χ4v) is 2.70. The highest BCUT2D eigenvalue weighted by Gasteiger charge is 2.32. The average Bonchev–Trinajstić information content (AvgIpc) is 2.29. The number of nitrogens with one attached hydrogen (secondary N) is 1. The van der Waals surface area contributed by atoms with Crippen LogP contribution in [-0.4, -0.2) is 19.9 Å². The molecule has 0 aliphatic rings. The molecule has 0 aromatic heterocycles. The Morgan fingerprint density at radius 2 is 1.80 bits per heavy atom. The van der Waals surface area contributed by atoms with Gasteiger partial charge in [0, 0.05) is 11.4 Å². The molecule has 4 heteroatoms. The van der Waals surface area contributed by atoms with Crippen molar-refractivity contribution in [2.24, 2.45) is 0 Å². The molecule has 1 aromatic rings. The summed E-state index contributed by atoms with van der Waals surface area (Å²) in [6.07, 6.45) is 1.78. The number of hydrogen-bond acceptors (Lipinski definition) is 3. The Morgan fingerprint density at radius 3 is 2.30 bits per heavy atom. The van der Waals surface area contributed by atoms with Gasteiger partial charge in [-0.3, -0.25) is 0 Å². The van der Waals surface area contributed by atoms with Crippen molar-refractivity contribution in [3.8, 4) is 5.75 Å². The zero-order valence-corrected chi connectivity index (χ0v) is 14.2. The lowest BCUT2D eigenvalue weighted by molar-refractivity contribution is 0.413. The average molecular weight is 297 g/mol. The maximum absolute atomic E-state index is 12.2. The molecule has 1 rings (SSSR count). The molecule has 0 saturated heterocycles. The number of aromatic hydroxyl groups is 1. The Kier molecular flexibility index (Phi) is 5.53. The van der Waals surface area contributed by atoms with Crippen molar-refractivity contribution in [2.45, 2.75) is 64.7 Å². The van der Waals surface area contributed by atoms with E-state index in [1.165, 1.54) is 5.56 Å². The summed E-state index contributed by atoms with van der Waals surface area (Å²) in [6, 6.07) is 5.68. The lowest BCUT2D eigenvalue weighted by Crippen LogP contribution is -2.50. The van der Waals surface area contributed by atoms with Crippen LogP contribution in [0.3, 0.4) is 0 Å². The van der Waals surface area contributed by atoms with E-state index in [0.717, 1.165) is 18.4 Å². The van der Waals surface area contributed by atoms with Crippen LogP contribution in [0.4, 0.5) is 0 Å². The van der Waals surface area contributed by atoms with E-state index in [0.29, 0.717) is 5.75 Å². The maximum atomic E-state index is 12.2. The van der Waals surface area contributed by atoms with Gasteiger partial charge in [-0.1, -0.05) is 12.1 Å². The summed E-state index contributed by atoms with van der Waals surface area (Å²) in [6.45, 7) is 11.9. The lowest BCUT2D eigenvalue weighted by Gasteiger charge is -2.32. The van der Waals surface area contributed by atoms with Crippen LogP contribution in [-0.2, 0) is 17.8 Å². The van der Waals surface area contributed by atoms with E-state index in [1.807, 2.05) is 39.8 Å². The summed E-state index contributed by atoms with van der Waals surface area (Å²) in [5.74, 6) is 0.333. The Hall–Kier alpha value is -0.710. The molecule has 1 unspecified atom stereocenters. The minimum absolute atomic E-state index is 0.191. The number of aryl methyl sites for hydroxylation is 2. The Bertz CT molecular complexity index is 452. The molecule has 0 fully saturated rings. The Morgan fingerprint density at radius 1 is 1.20 bits per heavy atom. The van der Waals surface area contributed by atoms with Crippen molar-refractivity contribution in [2.75, 3.05) is 0 Å². The van der Waals surface area contributed by atoms with Crippen LogP contribution in [0.5, 0.6) is 5.75 Å². The summed E-state index contributed by atoms with van der Waals surface area (Å²) in [7, 11) is 0. The molecule has 0 spiro atoms. The molecular weight excluding hydrogens is 270 g/mol. The van der Waals surface area contributed by atoms with Gasteiger partial charge in [0.05, 0.1) is 5.54 Å². The molecule has 3 nitrogen and oxygen atoms in total. The molecule has 0 amide bonds. The second-order valence-corrected chi connectivity index (χ2v) is 8.95. The predicted molar refractivity (Wildman–Crippen MR) is 86.3 cm³/mol. The van der Waals surface area contributed by atoms with Crippen LogP contribution in [0.15, 0.2) is 18.2 Å². The van der Waals surface area contributed by atoms with Gasteiger partial charge in [0.25, 0.3) is 0 Å². The fraction of sp³-hybridized carbons (Fsp3) is 0.625. The van der Waals surface area contributed by atoms with Crippen LogP contribution >= 0.6 is 0 Å². The van der Waals surface area contributed by atoms with Crippen molar-refractivity contribution in [3.05, 3.63) is 29.3 Å². The monoisotopic (exact) mass is 297 g/mol. The van der Waals surface area contributed by atoms with E-state index in [4.69, 9.17) is 0 Å². The van der Waals surface area contributed by atoms with Crippen molar-refractivity contribution >= 4 is 11.4 Å². The van der Waals surface area contributed by atoms with Gasteiger partial charge < -0.3 is 9.66 Å². The molecule has 0 aliphatic heterocycles. The molecule has 0 radical (unpaired) electrons. The molecule has 2 N–H and O–H groups in total. The summed E-state index contributed by atoms with van der Waals surface area (Å²) < 4.78 is 15.1. The molecule has 20 heavy (non-hydrogen) atoms. The van der Waals surface area contributed by atoms with Crippen molar-refractivity contribution in [1.82, 2.24) is 4.72 Å². The molecular formula is C16H27NO2S. The van der Waals surface area contributed by atoms with Gasteiger partial charge in [0.2, 0.25) is 0 Å². The van der Waals surface area contributed by atoms with E-state index in [9.17, 15) is 9.66 Å². The van der Waals surface area contributed by atoms with Crippen molar-refractivity contribution in [3.63, 3.8) is 0 Å². The third-order valence-electron chi connectivity index (χ3n) is 3.23. The van der Waals surface area contributed by atoms with Crippen molar-refractivity contribution < 1.29 is 9.66 Å². The summed E-state index contributed by atoms with van der Waals surface area (Å²) in [4.78, 5) is 0. The smallest absolute Gasteiger partial charge is 0.136 e. The van der Waals surface area contributed by atoms with E-state index in [1.54, 1.807) is 6.07 Å². The lowest BCUT2D eigenvalue weighted by atomic mass is 9.96. The highest BCUT2D eigenvalue weighted by Crippen LogP contribution is 2.22. The van der Waals surface area contributed by atoms with Gasteiger partial charge in [0.1, 0.15) is 10.5 Å². The first kappa shape index (κ1) is 17.3. The number of rotatable bonds is 5. The topological polar surface area (TPSA) is 55.3 Å². The third-order valence-corrected chi connectivity index (χ3v) is 5.08. The van der Waals surface area contributed by atoms with Crippen molar-refractivity contribution in [1.29, 1.82) is 0 Å². The Labute approximate surface area is 126 Å². The minimum atomic E-state index is -1.06. The normalized spacial score (nSPS) is 14.3. The largest absolute Gasteiger partial charge is 0.598 e. The van der Waals surface area contributed by atoms with Gasteiger partial charge in [0.15, 0.2) is 0 Å². The van der Waals surface area contributed by atoms with Gasteiger partial charge in [-0.2, -0.15) is 0 Å². The first-order valence-electron chi connectivity index (χ1n) is 6.99. The van der Waals surface area contributed by atoms with E-state index < -0.39 is 11.4 Å². The summed E-state index contributed by atoms with van der Waals surface area (Å²) in [5, 5.41) is 9.53. The van der Waals surface area contributed by atoms with Crippen LogP contribution in [0.25, 0.3) is 0 Å². The molecule has 1 aromatic carbocycles.